The van der Waals surface area contributed by atoms with Crippen molar-refractivity contribution < 1.29 is 4.39 Å². The van der Waals surface area contributed by atoms with Crippen molar-refractivity contribution in [3.63, 3.8) is 0 Å². The van der Waals surface area contributed by atoms with Crippen LogP contribution in [-0.4, -0.2) is 21.0 Å². The Morgan fingerprint density at radius 2 is 2.12 bits per heavy atom. The lowest BCUT2D eigenvalue weighted by Crippen LogP contribution is -2.27. The summed E-state index contributed by atoms with van der Waals surface area (Å²) in [5.74, 6) is 0.454. The lowest BCUT2D eigenvalue weighted by atomic mass is 9.97. The monoisotopic (exact) mass is 345 g/mol. The van der Waals surface area contributed by atoms with E-state index in [9.17, 15) is 4.39 Å². The number of nitrogen functional groups attached to an aromatic ring is 1. The van der Waals surface area contributed by atoms with E-state index < -0.39 is 0 Å². The van der Waals surface area contributed by atoms with Crippen molar-refractivity contribution in [3.8, 4) is 0 Å². The van der Waals surface area contributed by atoms with Crippen LogP contribution in [0.2, 0.25) is 0 Å². The Balaban J connectivity index is 0.000000815. The number of nitrogens with one attached hydrogen (secondary N) is 1. The molecular weight excluding hydrogens is 325 g/mol. The van der Waals surface area contributed by atoms with Crippen molar-refractivity contribution in [1.29, 1.82) is 0 Å². The molecule has 1 aromatic carbocycles. The smallest absolute Gasteiger partial charge is 0.180 e. The third-order valence-corrected chi connectivity index (χ3v) is 4.84. The van der Waals surface area contributed by atoms with Gasteiger partial charge in [-0.3, -0.25) is 0 Å². The van der Waals surface area contributed by atoms with Crippen molar-refractivity contribution in [2.75, 3.05) is 11.1 Å². The van der Waals surface area contributed by atoms with Gasteiger partial charge in [0.15, 0.2) is 5.13 Å². The van der Waals surface area contributed by atoms with E-state index >= 15 is 0 Å². The summed E-state index contributed by atoms with van der Waals surface area (Å²) in [6.45, 7) is 4.00. The number of fused-ring (bicyclic) bond motifs is 2. The van der Waals surface area contributed by atoms with Gasteiger partial charge in [-0.25, -0.2) is 19.3 Å². The number of halogens is 1. The zero-order valence-corrected chi connectivity index (χ0v) is 14.5. The highest BCUT2D eigenvalue weighted by molar-refractivity contribution is 7.15. The van der Waals surface area contributed by atoms with Gasteiger partial charge in [-0.15, -0.1) is 11.3 Å². The van der Waals surface area contributed by atoms with E-state index in [1.807, 2.05) is 13.8 Å². The number of thiazole rings is 1. The van der Waals surface area contributed by atoms with E-state index in [-0.39, 0.29) is 11.9 Å². The fourth-order valence-corrected chi connectivity index (χ4v) is 3.82. The Labute approximate surface area is 144 Å². The summed E-state index contributed by atoms with van der Waals surface area (Å²) in [7, 11) is 0. The van der Waals surface area contributed by atoms with Crippen LogP contribution < -0.4 is 11.1 Å². The predicted octanol–water partition coefficient (Wildman–Crippen LogP) is 3.80. The summed E-state index contributed by atoms with van der Waals surface area (Å²) < 4.78 is 13.3. The van der Waals surface area contributed by atoms with Gasteiger partial charge < -0.3 is 11.1 Å². The van der Waals surface area contributed by atoms with E-state index in [2.05, 4.69) is 20.3 Å². The quantitative estimate of drug-likeness (QED) is 0.739. The second kappa shape index (κ2) is 7.09. The molecule has 24 heavy (non-hydrogen) atoms. The van der Waals surface area contributed by atoms with Gasteiger partial charge in [0.05, 0.1) is 11.2 Å². The number of aromatic nitrogens is 3. The number of benzene rings is 1. The van der Waals surface area contributed by atoms with E-state index in [4.69, 9.17) is 5.73 Å². The van der Waals surface area contributed by atoms with Crippen LogP contribution in [-0.2, 0) is 12.8 Å². The van der Waals surface area contributed by atoms with E-state index in [0.29, 0.717) is 10.6 Å². The number of nitrogens with two attached hydrogens (primary N) is 1. The molecule has 7 heteroatoms. The first-order valence-electron chi connectivity index (χ1n) is 8.10. The Kier molecular flexibility index (Phi) is 4.89. The predicted molar refractivity (Wildman–Crippen MR) is 96.8 cm³/mol. The lowest BCUT2D eigenvalue weighted by Gasteiger charge is -2.23. The molecule has 5 nitrogen and oxygen atoms in total. The molecule has 0 spiro atoms. The molecule has 1 unspecified atom stereocenters. The maximum atomic E-state index is 13.3. The summed E-state index contributed by atoms with van der Waals surface area (Å²) >= 11 is 1.55. The summed E-state index contributed by atoms with van der Waals surface area (Å²) in [6, 6.07) is 4.84. The van der Waals surface area contributed by atoms with Gasteiger partial charge in [0.2, 0.25) is 0 Å². The Hall–Kier alpha value is -2.28. The standard InChI is InChI=1S/C15H14FN5S.C2H6/c16-8-1-3-10-12(5-8)18-7-19-14(10)20-9-2-4-11-13(6-9)22-15(17)21-11;1-2/h1,3,5,7,9H,2,4,6H2,(H2,17,21)(H,18,19,20);1-2H3. The van der Waals surface area contributed by atoms with Gasteiger partial charge in [0.25, 0.3) is 0 Å². The van der Waals surface area contributed by atoms with Crippen molar-refractivity contribution in [1.82, 2.24) is 15.0 Å². The SMILES string of the molecule is CC.Nc1nc2c(s1)CC(Nc1ncnc3cc(F)ccc13)CC2. The lowest BCUT2D eigenvalue weighted by molar-refractivity contribution is 0.608. The zero-order valence-electron chi connectivity index (χ0n) is 13.7. The van der Waals surface area contributed by atoms with Crippen LogP contribution in [0, 0.1) is 5.82 Å². The van der Waals surface area contributed by atoms with E-state index in [1.165, 1.54) is 23.3 Å². The van der Waals surface area contributed by atoms with Gasteiger partial charge in [-0.2, -0.15) is 0 Å². The van der Waals surface area contributed by atoms with Crippen LogP contribution in [0.4, 0.5) is 15.3 Å². The zero-order chi connectivity index (χ0) is 17.1. The number of hydrogen-bond donors (Lipinski definition) is 2. The Morgan fingerprint density at radius 3 is 2.96 bits per heavy atom. The molecule has 3 N–H and O–H groups in total. The number of aryl methyl sites for hydroxylation is 1. The maximum Gasteiger partial charge on any atom is 0.180 e. The highest BCUT2D eigenvalue weighted by Crippen LogP contribution is 2.30. The molecule has 2 heterocycles. The second-order valence-electron chi connectivity index (χ2n) is 5.39. The molecule has 4 rings (SSSR count). The van der Waals surface area contributed by atoms with Crippen LogP contribution in [0.3, 0.4) is 0 Å². The fraction of sp³-hybridized carbons (Fsp3) is 0.353. The molecule has 2 aromatic heterocycles. The third kappa shape index (κ3) is 3.31. The first-order chi connectivity index (χ1) is 11.7. The molecule has 126 valence electrons. The molecule has 0 saturated heterocycles. The first kappa shape index (κ1) is 16.6. The van der Waals surface area contributed by atoms with Gasteiger partial charge >= 0.3 is 0 Å². The first-order valence-corrected chi connectivity index (χ1v) is 8.91. The molecule has 0 bridgehead atoms. The minimum Gasteiger partial charge on any atom is -0.375 e. The topological polar surface area (TPSA) is 76.7 Å². The van der Waals surface area contributed by atoms with Gasteiger partial charge in [-0.05, 0) is 25.0 Å². The summed E-state index contributed by atoms with van der Waals surface area (Å²) in [4.78, 5) is 14.0. The largest absolute Gasteiger partial charge is 0.375 e. The molecule has 1 aliphatic carbocycles. The van der Waals surface area contributed by atoms with Crippen molar-refractivity contribution >= 4 is 33.2 Å². The number of anilines is 2. The summed E-state index contributed by atoms with van der Waals surface area (Å²) in [5.41, 5.74) is 7.50. The van der Waals surface area contributed by atoms with Crippen LogP contribution in [0.1, 0.15) is 30.8 Å². The van der Waals surface area contributed by atoms with Crippen LogP contribution in [0.15, 0.2) is 24.5 Å². The highest BCUT2D eigenvalue weighted by Gasteiger charge is 2.22. The number of nitrogens with zero attached hydrogens (tertiary/aromatic N) is 3. The summed E-state index contributed by atoms with van der Waals surface area (Å²) in [6.07, 6.45) is 4.24. The molecule has 1 atom stereocenters. The number of rotatable bonds is 2. The Bertz CT molecular complexity index is 848. The molecule has 1 aliphatic rings. The van der Waals surface area contributed by atoms with Crippen molar-refractivity contribution in [2.24, 2.45) is 0 Å². The number of hydrogen-bond acceptors (Lipinski definition) is 6. The highest BCUT2D eigenvalue weighted by atomic mass is 32.1. The second-order valence-corrected chi connectivity index (χ2v) is 6.50. The maximum absolute atomic E-state index is 13.3. The Morgan fingerprint density at radius 1 is 1.29 bits per heavy atom. The van der Waals surface area contributed by atoms with Crippen LogP contribution >= 0.6 is 11.3 Å². The van der Waals surface area contributed by atoms with E-state index in [0.717, 1.165) is 36.2 Å². The minimum absolute atomic E-state index is 0.274. The average Bonchev–Trinajstić information content (AvgIpc) is 2.96. The van der Waals surface area contributed by atoms with Gasteiger partial charge in [0.1, 0.15) is 18.0 Å². The molecular formula is C17H20FN5S. The molecule has 0 aliphatic heterocycles. The van der Waals surface area contributed by atoms with Crippen LogP contribution in [0.5, 0.6) is 0 Å². The van der Waals surface area contributed by atoms with E-state index in [1.54, 1.807) is 17.4 Å². The normalized spacial score (nSPS) is 16.2. The van der Waals surface area contributed by atoms with Crippen molar-refractivity contribution in [3.05, 3.63) is 40.9 Å². The molecule has 0 radical (unpaired) electrons. The fourth-order valence-electron chi connectivity index (χ4n) is 2.86. The van der Waals surface area contributed by atoms with Crippen LogP contribution in [0.25, 0.3) is 10.9 Å². The average molecular weight is 345 g/mol. The molecule has 0 fully saturated rings. The third-order valence-electron chi connectivity index (χ3n) is 3.90. The molecule has 0 amide bonds. The van der Waals surface area contributed by atoms with Gasteiger partial charge in [-0.1, -0.05) is 13.8 Å². The molecule has 0 saturated carbocycles. The summed E-state index contributed by atoms with van der Waals surface area (Å²) in [5, 5.41) is 4.92. The van der Waals surface area contributed by atoms with Crippen molar-refractivity contribution in [2.45, 2.75) is 39.2 Å². The minimum atomic E-state index is -0.292. The van der Waals surface area contributed by atoms with Gasteiger partial charge in [0, 0.05) is 28.8 Å². The molecule has 3 aromatic rings.